The van der Waals surface area contributed by atoms with Crippen LogP contribution < -0.4 is 5.32 Å². The molecule has 2 aromatic carbocycles. The number of imidazole rings is 1. The van der Waals surface area contributed by atoms with E-state index in [1.807, 2.05) is 0 Å². The summed E-state index contributed by atoms with van der Waals surface area (Å²) in [7, 11) is 0. The number of nitrogens with one attached hydrogen (secondary N) is 1. The third kappa shape index (κ3) is 4.05. The van der Waals surface area contributed by atoms with Crippen molar-refractivity contribution in [1.29, 1.82) is 0 Å². The van der Waals surface area contributed by atoms with Gasteiger partial charge in [0.15, 0.2) is 0 Å². The fraction of sp³-hybridized carbons (Fsp3) is 0.0500. The summed E-state index contributed by atoms with van der Waals surface area (Å²) in [5, 5.41) is 17.7. The average molecular weight is 442 g/mol. The Morgan fingerprint density at radius 3 is 2.44 bits per heavy atom. The van der Waals surface area contributed by atoms with Crippen LogP contribution in [0.4, 0.5) is 24.5 Å². The maximum Gasteiger partial charge on any atom is 0.433 e. The van der Waals surface area contributed by atoms with Crippen LogP contribution in [-0.4, -0.2) is 30.2 Å². The van der Waals surface area contributed by atoms with E-state index in [1.54, 1.807) is 0 Å². The first-order valence-corrected chi connectivity index (χ1v) is 9.04. The van der Waals surface area contributed by atoms with Crippen LogP contribution in [0.2, 0.25) is 0 Å². The van der Waals surface area contributed by atoms with Gasteiger partial charge in [0.1, 0.15) is 11.4 Å². The summed E-state index contributed by atoms with van der Waals surface area (Å²) in [5.41, 5.74) is -0.491. The quantitative estimate of drug-likeness (QED) is 0.368. The van der Waals surface area contributed by atoms with E-state index in [-0.39, 0.29) is 22.6 Å². The van der Waals surface area contributed by atoms with Gasteiger partial charge in [-0.25, -0.2) is 9.67 Å². The van der Waals surface area contributed by atoms with Gasteiger partial charge in [-0.15, -0.1) is 0 Å². The zero-order valence-corrected chi connectivity index (χ0v) is 16.0. The number of nitrogens with zero attached hydrogens (tertiary/aromatic N) is 5. The standard InChI is InChI=1S/C20H13F3N6O3/c21-20(22,23)18-7-8-25-28(18)15-4-2-14(3-5-15)26-19(30)13-1-6-16(17(11-13)29(31)32)27-10-9-24-12-27/h1-12H,(H,26,30). The Balaban J connectivity index is 1.55. The van der Waals surface area contributed by atoms with Gasteiger partial charge in [-0.05, 0) is 42.5 Å². The second kappa shape index (κ2) is 7.98. The largest absolute Gasteiger partial charge is 0.433 e. The second-order valence-electron chi connectivity index (χ2n) is 6.56. The molecular formula is C20H13F3N6O3. The molecule has 9 nitrogen and oxygen atoms in total. The van der Waals surface area contributed by atoms with Crippen LogP contribution in [0, 0.1) is 10.1 Å². The molecule has 2 heterocycles. The van der Waals surface area contributed by atoms with Gasteiger partial charge in [-0.1, -0.05) is 0 Å². The number of carbonyl (C=O) groups is 1. The molecule has 0 bridgehead atoms. The predicted octanol–water partition coefficient (Wildman–Crippen LogP) is 4.24. The van der Waals surface area contributed by atoms with Crippen molar-refractivity contribution in [2.24, 2.45) is 0 Å². The van der Waals surface area contributed by atoms with Gasteiger partial charge in [0, 0.05) is 29.7 Å². The van der Waals surface area contributed by atoms with Crippen molar-refractivity contribution in [3.05, 3.63) is 94.8 Å². The highest BCUT2D eigenvalue weighted by molar-refractivity contribution is 6.05. The van der Waals surface area contributed by atoms with E-state index in [4.69, 9.17) is 0 Å². The fourth-order valence-corrected chi connectivity index (χ4v) is 3.04. The Labute approximate surface area is 177 Å². The first-order chi connectivity index (χ1) is 15.2. The molecule has 0 saturated carbocycles. The molecule has 0 aliphatic rings. The number of nitro groups is 1. The number of halogens is 3. The van der Waals surface area contributed by atoms with Crippen molar-refractivity contribution in [2.75, 3.05) is 5.32 Å². The molecule has 1 N–H and O–H groups in total. The van der Waals surface area contributed by atoms with Crippen LogP contribution >= 0.6 is 0 Å². The second-order valence-corrected chi connectivity index (χ2v) is 6.56. The van der Waals surface area contributed by atoms with Gasteiger partial charge < -0.3 is 9.88 Å². The lowest BCUT2D eigenvalue weighted by atomic mass is 10.1. The smallest absolute Gasteiger partial charge is 0.322 e. The summed E-state index contributed by atoms with van der Waals surface area (Å²) in [6.07, 6.45) is 0.871. The van der Waals surface area contributed by atoms with Crippen molar-refractivity contribution in [1.82, 2.24) is 19.3 Å². The molecule has 162 valence electrons. The van der Waals surface area contributed by atoms with E-state index in [2.05, 4.69) is 15.4 Å². The first kappa shape index (κ1) is 20.8. The molecule has 0 saturated heterocycles. The number of hydrogen-bond donors (Lipinski definition) is 1. The van der Waals surface area contributed by atoms with E-state index < -0.39 is 22.7 Å². The molecular weight excluding hydrogens is 429 g/mol. The molecule has 0 aliphatic carbocycles. The molecule has 0 fully saturated rings. The molecule has 1 amide bonds. The number of rotatable bonds is 5. The van der Waals surface area contributed by atoms with Crippen molar-refractivity contribution in [3.8, 4) is 11.4 Å². The predicted molar refractivity (Wildman–Crippen MR) is 107 cm³/mol. The SMILES string of the molecule is O=C(Nc1ccc(-n2nccc2C(F)(F)F)cc1)c1ccc(-n2ccnc2)c([N+](=O)[O-])c1. The highest BCUT2D eigenvalue weighted by atomic mass is 19.4. The summed E-state index contributed by atoms with van der Waals surface area (Å²) in [6.45, 7) is 0. The number of hydrogen-bond acceptors (Lipinski definition) is 5. The van der Waals surface area contributed by atoms with Crippen LogP contribution in [0.1, 0.15) is 16.1 Å². The van der Waals surface area contributed by atoms with Crippen molar-refractivity contribution < 1.29 is 22.9 Å². The number of amides is 1. The average Bonchev–Trinajstić information content (AvgIpc) is 3.46. The molecule has 4 aromatic rings. The summed E-state index contributed by atoms with van der Waals surface area (Å²) >= 11 is 0. The number of aromatic nitrogens is 4. The van der Waals surface area contributed by atoms with Crippen molar-refractivity contribution in [2.45, 2.75) is 6.18 Å². The van der Waals surface area contributed by atoms with Gasteiger partial charge >= 0.3 is 6.18 Å². The van der Waals surface area contributed by atoms with E-state index in [1.165, 1.54) is 59.7 Å². The molecule has 0 aliphatic heterocycles. The number of benzene rings is 2. The Morgan fingerprint density at radius 2 is 1.81 bits per heavy atom. The number of carbonyl (C=O) groups excluding carboxylic acids is 1. The number of alkyl halides is 3. The number of anilines is 1. The van der Waals surface area contributed by atoms with Crippen LogP contribution in [-0.2, 0) is 6.18 Å². The van der Waals surface area contributed by atoms with Crippen LogP contribution in [0.15, 0.2) is 73.4 Å². The molecule has 12 heteroatoms. The third-order valence-corrected chi connectivity index (χ3v) is 4.52. The van der Waals surface area contributed by atoms with E-state index in [9.17, 15) is 28.1 Å². The summed E-state index contributed by atoms with van der Waals surface area (Å²) in [6, 6.07) is 10.4. The zero-order chi connectivity index (χ0) is 22.9. The Morgan fingerprint density at radius 1 is 1.06 bits per heavy atom. The van der Waals surface area contributed by atoms with Gasteiger partial charge in [0.2, 0.25) is 0 Å². The van der Waals surface area contributed by atoms with Crippen LogP contribution in [0.3, 0.4) is 0 Å². The maximum absolute atomic E-state index is 13.0. The minimum Gasteiger partial charge on any atom is -0.322 e. The maximum atomic E-state index is 13.0. The molecule has 32 heavy (non-hydrogen) atoms. The third-order valence-electron chi connectivity index (χ3n) is 4.52. The van der Waals surface area contributed by atoms with E-state index in [0.29, 0.717) is 5.69 Å². The Kier molecular flexibility index (Phi) is 5.18. The minimum atomic E-state index is -4.57. The fourth-order valence-electron chi connectivity index (χ4n) is 3.04. The Hall–Kier alpha value is -4.48. The lowest BCUT2D eigenvalue weighted by Crippen LogP contribution is -2.14. The zero-order valence-electron chi connectivity index (χ0n) is 16.0. The van der Waals surface area contributed by atoms with Gasteiger partial charge in [-0.3, -0.25) is 14.9 Å². The van der Waals surface area contributed by atoms with Crippen LogP contribution in [0.25, 0.3) is 11.4 Å². The Bertz CT molecular complexity index is 1280. The van der Waals surface area contributed by atoms with Gasteiger partial charge in [0.25, 0.3) is 11.6 Å². The molecule has 0 atom stereocenters. The van der Waals surface area contributed by atoms with Crippen molar-refractivity contribution >= 4 is 17.3 Å². The summed E-state index contributed by atoms with van der Waals surface area (Å²) in [5.74, 6) is -0.617. The minimum absolute atomic E-state index is 0.0380. The van der Waals surface area contributed by atoms with Gasteiger partial charge in [0.05, 0.1) is 23.1 Å². The highest BCUT2D eigenvalue weighted by Gasteiger charge is 2.35. The van der Waals surface area contributed by atoms with E-state index >= 15 is 0 Å². The topological polar surface area (TPSA) is 108 Å². The normalized spacial score (nSPS) is 11.3. The summed E-state index contributed by atoms with van der Waals surface area (Å²) < 4.78 is 41.3. The first-order valence-electron chi connectivity index (χ1n) is 9.04. The molecule has 2 aromatic heterocycles. The summed E-state index contributed by atoms with van der Waals surface area (Å²) in [4.78, 5) is 27.3. The number of nitro benzene ring substituents is 1. The monoisotopic (exact) mass is 442 g/mol. The van der Waals surface area contributed by atoms with E-state index in [0.717, 1.165) is 23.0 Å². The molecule has 4 rings (SSSR count). The lowest BCUT2D eigenvalue weighted by Gasteiger charge is -2.11. The van der Waals surface area contributed by atoms with Crippen molar-refractivity contribution in [3.63, 3.8) is 0 Å². The highest BCUT2D eigenvalue weighted by Crippen LogP contribution is 2.31. The van der Waals surface area contributed by atoms with Crippen LogP contribution in [0.5, 0.6) is 0 Å². The van der Waals surface area contributed by atoms with Gasteiger partial charge in [-0.2, -0.15) is 18.3 Å². The molecule has 0 radical (unpaired) electrons. The molecule has 0 spiro atoms. The molecule has 0 unspecified atom stereocenters. The lowest BCUT2D eigenvalue weighted by molar-refractivity contribution is -0.384.